The number of fused-ring (bicyclic) bond motifs is 2. The number of pyridine rings is 2. The fourth-order valence-electron chi connectivity index (χ4n) is 8.19. The average Bonchev–Trinajstić information content (AvgIpc) is 3.80. The van der Waals surface area contributed by atoms with Gasteiger partial charge in [-0.05, 0) is 110 Å². The third-order valence-corrected chi connectivity index (χ3v) is 11.3. The van der Waals surface area contributed by atoms with Gasteiger partial charge < -0.3 is 24.8 Å². The number of nitriles is 1. The van der Waals surface area contributed by atoms with E-state index in [2.05, 4.69) is 58.2 Å². The number of anilines is 3. The normalized spacial score (nSPS) is 18.9. The first kappa shape index (κ1) is 35.2. The topological polar surface area (TPSA) is 152 Å². The Labute approximate surface area is 313 Å². The molecule has 0 radical (unpaired) electrons. The van der Waals surface area contributed by atoms with Gasteiger partial charge >= 0.3 is 5.97 Å². The first-order chi connectivity index (χ1) is 26.2. The number of benzene rings is 3. The van der Waals surface area contributed by atoms with Crippen molar-refractivity contribution in [1.29, 1.82) is 5.26 Å². The van der Waals surface area contributed by atoms with E-state index in [9.17, 15) is 20.3 Å². The zero-order valence-electron chi connectivity index (χ0n) is 30.7. The van der Waals surface area contributed by atoms with Gasteiger partial charge in [0.2, 0.25) is 5.89 Å². The number of aliphatic hydroxyl groups excluding tert-OH is 1. The van der Waals surface area contributed by atoms with Gasteiger partial charge in [-0.2, -0.15) is 5.26 Å². The number of carbonyl (C=O) groups is 1. The highest BCUT2D eigenvalue weighted by Crippen LogP contribution is 2.39. The second-order valence-electron chi connectivity index (χ2n) is 14.8. The Kier molecular flexibility index (Phi) is 9.48. The quantitative estimate of drug-likeness (QED) is 0.133. The van der Waals surface area contributed by atoms with Gasteiger partial charge in [-0.25, -0.2) is 9.97 Å². The molecule has 1 saturated heterocycles. The lowest BCUT2D eigenvalue weighted by atomic mass is 9.85. The zero-order valence-corrected chi connectivity index (χ0v) is 30.7. The van der Waals surface area contributed by atoms with Crippen molar-refractivity contribution in [3.05, 3.63) is 95.3 Å². The Morgan fingerprint density at radius 3 is 2.50 bits per heavy atom. The van der Waals surface area contributed by atoms with Crippen LogP contribution in [-0.4, -0.2) is 68.3 Å². The van der Waals surface area contributed by atoms with E-state index in [4.69, 9.17) is 14.4 Å². The average molecular weight is 722 g/mol. The minimum atomic E-state index is -0.722. The van der Waals surface area contributed by atoms with Gasteiger partial charge in [0.25, 0.3) is 0 Å². The van der Waals surface area contributed by atoms with Crippen LogP contribution < -0.4 is 10.2 Å². The molecule has 4 heterocycles. The van der Waals surface area contributed by atoms with Crippen LogP contribution in [0.4, 0.5) is 17.2 Å². The van der Waals surface area contributed by atoms with Crippen molar-refractivity contribution in [2.45, 2.75) is 64.6 Å². The van der Waals surface area contributed by atoms with E-state index < -0.39 is 5.97 Å². The van der Waals surface area contributed by atoms with Gasteiger partial charge in [-0.3, -0.25) is 14.7 Å². The molecule has 2 aliphatic rings. The summed E-state index contributed by atoms with van der Waals surface area (Å²) >= 11 is 0. The minimum Gasteiger partial charge on any atom is -0.481 e. The summed E-state index contributed by atoms with van der Waals surface area (Å²) in [6.07, 6.45) is 7.10. The maximum absolute atomic E-state index is 11.5. The Morgan fingerprint density at radius 2 is 1.76 bits per heavy atom. The number of rotatable bonds is 9. The number of oxazole rings is 1. The van der Waals surface area contributed by atoms with Crippen molar-refractivity contribution >= 4 is 45.2 Å². The molecule has 3 N–H and O–H groups in total. The number of hydrogen-bond acceptors (Lipinski definition) is 10. The summed E-state index contributed by atoms with van der Waals surface area (Å²) in [7, 11) is 2.00. The number of nitrogens with one attached hydrogen (secondary N) is 1. The van der Waals surface area contributed by atoms with Crippen molar-refractivity contribution in [3.63, 3.8) is 0 Å². The van der Waals surface area contributed by atoms with E-state index in [1.54, 1.807) is 6.20 Å². The lowest BCUT2D eigenvalue weighted by molar-refractivity contribution is -0.142. The lowest BCUT2D eigenvalue weighted by Gasteiger charge is -2.35. The number of likely N-dealkylation sites (tertiary alicyclic amines) is 1. The molecule has 2 fully saturated rings. The molecule has 3 aromatic heterocycles. The molecule has 0 bridgehead atoms. The van der Waals surface area contributed by atoms with Crippen LogP contribution in [0.25, 0.3) is 44.6 Å². The first-order valence-corrected chi connectivity index (χ1v) is 18.6. The molecule has 0 spiro atoms. The summed E-state index contributed by atoms with van der Waals surface area (Å²) in [6.45, 7) is 6.49. The number of aliphatic hydroxyl groups is 1. The molecule has 8 rings (SSSR count). The van der Waals surface area contributed by atoms with Crippen molar-refractivity contribution in [2.75, 3.05) is 30.4 Å². The number of carboxylic acid groups (broad SMARTS) is 1. The van der Waals surface area contributed by atoms with Crippen LogP contribution >= 0.6 is 0 Å². The smallest absolute Gasteiger partial charge is 0.306 e. The summed E-state index contributed by atoms with van der Waals surface area (Å²) in [5.74, 6) is 0.112. The molecule has 11 nitrogen and oxygen atoms in total. The Hall–Kier alpha value is -5.83. The SMILES string of the molecule is Cc1c(Nc2nccc3cc(CN4CCC(O)C4)cnc23)cccc1-c1cccc(-c2nc3cc(N(C)C4CCC(C(=O)O)CC4)cc(C#N)c3o2)c1C. The van der Waals surface area contributed by atoms with Crippen LogP contribution in [0.15, 0.2) is 77.5 Å². The molecule has 1 saturated carbocycles. The van der Waals surface area contributed by atoms with Gasteiger partial charge in [0.05, 0.1) is 17.6 Å². The van der Waals surface area contributed by atoms with Gasteiger partial charge in [-0.1, -0.05) is 24.3 Å². The van der Waals surface area contributed by atoms with E-state index in [0.717, 1.165) is 88.0 Å². The fraction of sp³-hybridized carbons (Fsp3) is 0.326. The molecule has 54 heavy (non-hydrogen) atoms. The van der Waals surface area contributed by atoms with Crippen LogP contribution in [0.3, 0.4) is 0 Å². The lowest BCUT2D eigenvalue weighted by Crippen LogP contribution is -2.36. The van der Waals surface area contributed by atoms with Gasteiger partial charge in [0.15, 0.2) is 11.4 Å². The molecule has 1 unspecified atom stereocenters. The third-order valence-electron chi connectivity index (χ3n) is 11.3. The van der Waals surface area contributed by atoms with Crippen LogP contribution in [0.5, 0.6) is 0 Å². The molecule has 1 aliphatic carbocycles. The molecule has 0 amide bonds. The third kappa shape index (κ3) is 6.75. The molecule has 1 atom stereocenters. The second kappa shape index (κ2) is 14.5. The predicted octanol–water partition coefficient (Wildman–Crippen LogP) is 7.98. The molecular weight excluding hydrogens is 679 g/mol. The highest BCUT2D eigenvalue weighted by atomic mass is 16.4. The minimum absolute atomic E-state index is 0.185. The predicted molar refractivity (Wildman–Crippen MR) is 210 cm³/mol. The van der Waals surface area contributed by atoms with E-state index in [-0.39, 0.29) is 18.1 Å². The summed E-state index contributed by atoms with van der Waals surface area (Å²) in [5.41, 5.74) is 10.1. The number of β-amino-alcohol motifs (C(OH)–C–C–N with tert-alkyl or cyclic N) is 1. The highest BCUT2D eigenvalue weighted by Gasteiger charge is 2.29. The fourth-order valence-corrected chi connectivity index (χ4v) is 8.19. The highest BCUT2D eigenvalue weighted by molar-refractivity contribution is 5.91. The number of aromatic nitrogens is 3. The van der Waals surface area contributed by atoms with Crippen LogP contribution in [0, 0.1) is 31.1 Å². The number of carboxylic acids is 1. The van der Waals surface area contributed by atoms with Crippen molar-refractivity contribution in [1.82, 2.24) is 19.9 Å². The van der Waals surface area contributed by atoms with Crippen molar-refractivity contribution in [2.24, 2.45) is 5.92 Å². The zero-order chi connectivity index (χ0) is 37.5. The first-order valence-electron chi connectivity index (χ1n) is 18.6. The monoisotopic (exact) mass is 721 g/mol. The van der Waals surface area contributed by atoms with Crippen LogP contribution in [0.2, 0.25) is 0 Å². The van der Waals surface area contributed by atoms with Crippen LogP contribution in [-0.2, 0) is 11.3 Å². The number of hydrogen-bond donors (Lipinski definition) is 3. The molecule has 274 valence electrons. The molecule has 1 aliphatic heterocycles. The Balaban J connectivity index is 1.06. The molecule has 11 heteroatoms. The van der Waals surface area contributed by atoms with E-state index in [1.165, 1.54) is 0 Å². The molecule has 6 aromatic rings. The summed E-state index contributed by atoms with van der Waals surface area (Å²) in [6, 6.07) is 22.7. The maximum atomic E-state index is 11.5. The van der Waals surface area contributed by atoms with Gasteiger partial charge in [0.1, 0.15) is 17.1 Å². The number of nitrogens with zero attached hydrogens (tertiary/aromatic N) is 6. The van der Waals surface area contributed by atoms with Crippen molar-refractivity contribution < 1.29 is 19.4 Å². The number of aliphatic carboxylic acids is 1. The largest absolute Gasteiger partial charge is 0.481 e. The van der Waals surface area contributed by atoms with Gasteiger partial charge in [-0.15, -0.1) is 0 Å². The van der Waals surface area contributed by atoms with Crippen molar-refractivity contribution in [3.8, 4) is 28.7 Å². The van der Waals surface area contributed by atoms with Gasteiger partial charge in [0, 0.05) is 67.4 Å². The second-order valence-corrected chi connectivity index (χ2v) is 14.8. The maximum Gasteiger partial charge on any atom is 0.306 e. The summed E-state index contributed by atoms with van der Waals surface area (Å²) < 4.78 is 6.33. The van der Waals surface area contributed by atoms with Crippen LogP contribution in [0.1, 0.15) is 54.4 Å². The van der Waals surface area contributed by atoms with E-state index >= 15 is 0 Å². The standard InChI is InChI=1S/C43H43N7O4/c1-25-34(35-7-5-9-37(26(35)2)47-41-39-29(14-16-45-41)18-27(22-46-39)23-50-17-15-33(51)24-50)6-4-8-36(25)42-48-38-20-32(19-30(21-44)40(38)54-42)49(3)31-12-10-28(11-13-31)43(52)53/h4-9,14,16,18-20,22,28,31,33,51H,10-13,15,17,23-24H2,1-3H3,(H,45,47)(H,52,53). The summed E-state index contributed by atoms with van der Waals surface area (Å²) in [4.78, 5) is 30.3. The summed E-state index contributed by atoms with van der Waals surface area (Å²) in [5, 5.41) is 34.1. The molecular formula is C43H43N7O4. The Morgan fingerprint density at radius 1 is 1.00 bits per heavy atom. The van der Waals surface area contributed by atoms with E-state index in [0.29, 0.717) is 47.8 Å². The molecule has 3 aromatic carbocycles. The van der Waals surface area contributed by atoms with E-state index in [1.807, 2.05) is 55.7 Å². The Bertz CT molecular complexity index is 2430.